The Kier molecular flexibility index (Phi) is 6.37. The summed E-state index contributed by atoms with van der Waals surface area (Å²) in [5.74, 6) is 2.62. The minimum atomic E-state index is -3.86. The van der Waals surface area contributed by atoms with E-state index in [9.17, 15) is 8.42 Å². The maximum absolute atomic E-state index is 15.1. The molecule has 0 saturated carbocycles. The van der Waals surface area contributed by atoms with Gasteiger partial charge in [-0.05, 0) is 38.0 Å². The zero-order valence-electron chi connectivity index (χ0n) is 18.4. The first-order valence-corrected chi connectivity index (χ1v) is 11.7. The molecular formula is C23H27FN4O3S. The number of rotatable bonds is 4. The van der Waals surface area contributed by atoms with Crippen LogP contribution < -0.4 is 5.73 Å². The van der Waals surface area contributed by atoms with Crippen LogP contribution >= 0.6 is 0 Å². The minimum absolute atomic E-state index is 0.0191. The van der Waals surface area contributed by atoms with E-state index in [4.69, 9.17) is 22.2 Å². The number of aliphatic imine (C=N–C) groups is 1. The van der Waals surface area contributed by atoms with Crippen molar-refractivity contribution in [1.82, 2.24) is 4.31 Å². The molecule has 7 nitrogen and oxygen atoms in total. The van der Waals surface area contributed by atoms with Gasteiger partial charge in [-0.25, -0.2) is 22.1 Å². The molecule has 0 spiro atoms. The summed E-state index contributed by atoms with van der Waals surface area (Å²) in [6.45, 7) is 2.91. The van der Waals surface area contributed by atoms with Crippen molar-refractivity contribution in [2.24, 2.45) is 16.6 Å². The molecule has 2 N–H and O–H groups in total. The van der Waals surface area contributed by atoms with E-state index in [0.29, 0.717) is 12.2 Å². The van der Waals surface area contributed by atoms with E-state index < -0.39 is 26.5 Å². The number of allylic oxidation sites excluding steroid dienone is 4. The number of nitrogens with two attached hydrogens (primary N) is 1. The number of terminal acetylenes is 1. The van der Waals surface area contributed by atoms with E-state index in [-0.39, 0.29) is 36.9 Å². The van der Waals surface area contributed by atoms with Crippen LogP contribution in [0.15, 0.2) is 52.3 Å². The molecule has 0 fully saturated rings. The summed E-state index contributed by atoms with van der Waals surface area (Å²) < 4.78 is 46.4. The molecule has 0 aromatic carbocycles. The highest BCUT2D eigenvalue weighted by molar-refractivity contribution is 7.91. The Morgan fingerprint density at radius 2 is 2.12 bits per heavy atom. The lowest BCUT2D eigenvalue weighted by atomic mass is 9.83. The molecule has 170 valence electrons. The van der Waals surface area contributed by atoms with Crippen LogP contribution in [0.4, 0.5) is 4.39 Å². The van der Waals surface area contributed by atoms with Crippen molar-refractivity contribution in [3.63, 3.8) is 0 Å². The largest absolute Gasteiger partial charge is 0.489 e. The van der Waals surface area contributed by atoms with Gasteiger partial charge in [0.15, 0.2) is 5.54 Å². The minimum Gasteiger partial charge on any atom is -0.489 e. The topological polar surface area (TPSA) is 109 Å². The van der Waals surface area contributed by atoms with E-state index in [1.807, 2.05) is 18.2 Å². The van der Waals surface area contributed by atoms with Crippen LogP contribution in [-0.2, 0) is 14.8 Å². The summed E-state index contributed by atoms with van der Waals surface area (Å²) >= 11 is 0. The van der Waals surface area contributed by atoms with Crippen molar-refractivity contribution in [3.05, 3.63) is 47.3 Å². The smallest absolute Gasteiger partial charge is 0.226 e. The van der Waals surface area contributed by atoms with Crippen molar-refractivity contribution in [1.29, 1.82) is 5.26 Å². The van der Waals surface area contributed by atoms with Gasteiger partial charge < -0.3 is 10.5 Å². The molecule has 0 bridgehead atoms. The molecule has 0 aromatic rings. The summed E-state index contributed by atoms with van der Waals surface area (Å²) in [4.78, 5) is 4.39. The Morgan fingerprint density at radius 1 is 1.41 bits per heavy atom. The van der Waals surface area contributed by atoms with E-state index in [0.717, 1.165) is 9.88 Å². The zero-order chi connectivity index (χ0) is 23.7. The summed E-state index contributed by atoms with van der Waals surface area (Å²) in [6.07, 6.45) is 13.7. The predicted molar refractivity (Wildman–Crippen MR) is 121 cm³/mol. The van der Waals surface area contributed by atoms with Gasteiger partial charge in [0.25, 0.3) is 0 Å². The monoisotopic (exact) mass is 458 g/mol. The third-order valence-electron chi connectivity index (χ3n) is 6.06. The van der Waals surface area contributed by atoms with Crippen LogP contribution in [0.25, 0.3) is 0 Å². The van der Waals surface area contributed by atoms with Gasteiger partial charge in [-0.1, -0.05) is 24.1 Å². The van der Waals surface area contributed by atoms with Gasteiger partial charge in [-0.2, -0.15) is 5.26 Å². The standard InChI is InChI=1S/C23H27FN4O3S/c1-5-23(15-28(4)32(29,30)22(2,3)21(26)27-23)19-12-18(10-11-20(19)24)31-14-17-8-6-16(13-25)7-9-17/h1,6,8-10,12,16,20H,7,11,14-15H2,2-4H3,(H2,26,27). The number of ether oxygens (including phenoxy) is 1. The number of nitrogens with zero attached hydrogens (tertiary/aromatic N) is 3. The summed E-state index contributed by atoms with van der Waals surface area (Å²) in [6, 6.07) is 2.19. The lowest BCUT2D eigenvalue weighted by Gasteiger charge is -2.32. The molecule has 0 aromatic heterocycles. The maximum Gasteiger partial charge on any atom is 0.226 e. The highest BCUT2D eigenvalue weighted by Gasteiger charge is 2.50. The molecule has 3 rings (SSSR count). The van der Waals surface area contributed by atoms with Crippen molar-refractivity contribution >= 4 is 15.9 Å². The molecule has 32 heavy (non-hydrogen) atoms. The first-order chi connectivity index (χ1) is 15.0. The summed E-state index contributed by atoms with van der Waals surface area (Å²) in [5.41, 5.74) is 5.54. The van der Waals surface area contributed by atoms with Gasteiger partial charge in [0.05, 0.1) is 18.5 Å². The van der Waals surface area contributed by atoms with E-state index in [1.54, 1.807) is 6.08 Å². The molecule has 1 aliphatic heterocycles. The molecule has 9 heteroatoms. The number of hydrogen-bond acceptors (Lipinski definition) is 6. The predicted octanol–water partition coefficient (Wildman–Crippen LogP) is 2.36. The Bertz CT molecular complexity index is 1130. The lowest BCUT2D eigenvalue weighted by Crippen LogP contribution is -2.50. The fourth-order valence-corrected chi connectivity index (χ4v) is 5.23. The number of sulfonamides is 1. The quantitative estimate of drug-likeness (QED) is 0.651. The van der Waals surface area contributed by atoms with Gasteiger partial charge in [0.2, 0.25) is 10.0 Å². The average molecular weight is 459 g/mol. The third-order valence-corrected chi connectivity index (χ3v) is 8.51. The molecule has 0 amide bonds. The first-order valence-electron chi connectivity index (χ1n) is 10.2. The highest BCUT2D eigenvalue weighted by Crippen LogP contribution is 2.37. The van der Waals surface area contributed by atoms with Crippen LogP contribution in [0.5, 0.6) is 0 Å². The molecular weight excluding hydrogens is 431 g/mol. The Hall–Kier alpha value is -2.88. The van der Waals surface area contributed by atoms with Crippen LogP contribution in [-0.4, -0.2) is 55.2 Å². The molecule has 3 unspecified atom stereocenters. The second-order valence-electron chi connectivity index (χ2n) is 8.58. The van der Waals surface area contributed by atoms with Crippen LogP contribution in [0.3, 0.4) is 0 Å². The normalized spacial score (nSPS) is 31.7. The lowest BCUT2D eigenvalue weighted by molar-refractivity contribution is 0.242. The fraction of sp³-hybridized carbons (Fsp3) is 0.478. The SMILES string of the molecule is C#CC1(C2=CC(OCC3=CCC(C#N)C=C3)=CCC2F)CN(C)S(=O)(=O)C(C)(C)C(N)=N1. The molecule has 3 aliphatic rings. The van der Waals surface area contributed by atoms with E-state index in [2.05, 4.69) is 17.0 Å². The van der Waals surface area contributed by atoms with E-state index >= 15 is 4.39 Å². The van der Waals surface area contributed by atoms with Crippen molar-refractivity contribution in [2.45, 2.75) is 43.1 Å². The van der Waals surface area contributed by atoms with Gasteiger partial charge >= 0.3 is 0 Å². The Labute approximate surface area is 188 Å². The number of alkyl halides is 1. The van der Waals surface area contributed by atoms with Crippen LogP contribution in [0.2, 0.25) is 0 Å². The second kappa shape index (κ2) is 8.57. The van der Waals surface area contributed by atoms with Gasteiger partial charge in [0, 0.05) is 19.0 Å². The number of hydrogen-bond donors (Lipinski definition) is 1. The molecule has 3 atom stereocenters. The van der Waals surface area contributed by atoms with Gasteiger partial charge in [-0.15, -0.1) is 6.42 Å². The number of nitriles is 1. The van der Waals surface area contributed by atoms with Crippen LogP contribution in [0, 0.1) is 29.6 Å². The third kappa shape index (κ3) is 4.11. The molecule has 2 aliphatic carbocycles. The average Bonchev–Trinajstić information content (AvgIpc) is 2.82. The van der Waals surface area contributed by atoms with Crippen molar-refractivity contribution < 1.29 is 17.5 Å². The second-order valence-corrected chi connectivity index (χ2v) is 11.2. The number of likely N-dealkylation sites (N-methyl/N-ethyl adjacent to an activating group) is 1. The van der Waals surface area contributed by atoms with Gasteiger partial charge in [-0.3, -0.25) is 0 Å². The molecule has 1 heterocycles. The van der Waals surface area contributed by atoms with Crippen LogP contribution in [0.1, 0.15) is 26.7 Å². The molecule has 0 radical (unpaired) electrons. The zero-order valence-corrected chi connectivity index (χ0v) is 19.2. The van der Waals surface area contributed by atoms with Gasteiger partial charge in [0.1, 0.15) is 29.1 Å². The Balaban J connectivity index is 1.91. The summed E-state index contributed by atoms with van der Waals surface area (Å²) in [7, 11) is -2.47. The fourth-order valence-electron chi connectivity index (χ4n) is 3.78. The maximum atomic E-state index is 15.1. The summed E-state index contributed by atoms with van der Waals surface area (Å²) in [5, 5.41) is 8.97. The Morgan fingerprint density at radius 3 is 2.72 bits per heavy atom. The van der Waals surface area contributed by atoms with Crippen molar-refractivity contribution in [3.8, 4) is 18.4 Å². The van der Waals surface area contributed by atoms with E-state index in [1.165, 1.54) is 27.0 Å². The highest BCUT2D eigenvalue weighted by atomic mass is 32.2. The number of amidine groups is 1. The first kappa shape index (κ1) is 23.8. The molecule has 0 saturated heterocycles. The number of halogens is 1. The van der Waals surface area contributed by atoms with Crippen molar-refractivity contribution in [2.75, 3.05) is 20.2 Å².